The number of piperidine rings is 1. The van der Waals surface area contributed by atoms with Gasteiger partial charge in [0.15, 0.2) is 0 Å². The number of primary amides is 1. The Morgan fingerprint density at radius 1 is 1.26 bits per heavy atom. The molecule has 1 amide bonds. The van der Waals surface area contributed by atoms with Crippen LogP contribution in [0.15, 0.2) is 30.3 Å². The van der Waals surface area contributed by atoms with Crippen molar-refractivity contribution >= 4 is 5.91 Å². The van der Waals surface area contributed by atoms with Crippen LogP contribution < -0.4 is 11.1 Å². The van der Waals surface area contributed by atoms with E-state index in [1.807, 2.05) is 6.07 Å². The van der Waals surface area contributed by atoms with E-state index in [4.69, 9.17) is 5.73 Å². The molecule has 1 aromatic rings. The van der Waals surface area contributed by atoms with Crippen molar-refractivity contribution in [1.82, 2.24) is 10.2 Å². The van der Waals surface area contributed by atoms with Crippen molar-refractivity contribution in [2.45, 2.75) is 25.3 Å². The summed E-state index contributed by atoms with van der Waals surface area (Å²) in [5.41, 5.74) is 6.58. The van der Waals surface area contributed by atoms with Gasteiger partial charge in [-0.05, 0) is 31.4 Å². The molecule has 1 saturated heterocycles. The van der Waals surface area contributed by atoms with Crippen LogP contribution in [0.3, 0.4) is 0 Å². The molecule has 0 unspecified atom stereocenters. The molecule has 0 aliphatic carbocycles. The summed E-state index contributed by atoms with van der Waals surface area (Å²) in [4.78, 5) is 13.0. The van der Waals surface area contributed by atoms with Crippen molar-refractivity contribution in [3.8, 4) is 0 Å². The summed E-state index contributed by atoms with van der Waals surface area (Å²) in [7, 11) is 0. The molecule has 1 fully saturated rings. The molecular formula is C15H23N3O. The number of hydrogen-bond donors (Lipinski definition) is 2. The number of nitrogens with zero attached hydrogens (tertiary/aromatic N) is 1. The van der Waals surface area contributed by atoms with Crippen molar-refractivity contribution in [1.29, 1.82) is 0 Å². The minimum atomic E-state index is -0.226. The molecule has 0 saturated carbocycles. The maximum absolute atomic E-state index is 10.8. The minimum Gasteiger partial charge on any atom is -0.369 e. The van der Waals surface area contributed by atoms with E-state index in [1.54, 1.807) is 0 Å². The van der Waals surface area contributed by atoms with Crippen molar-refractivity contribution < 1.29 is 4.79 Å². The average molecular weight is 261 g/mol. The molecule has 0 atom stereocenters. The molecule has 0 aromatic heterocycles. The summed E-state index contributed by atoms with van der Waals surface area (Å²) >= 11 is 0. The first-order chi connectivity index (χ1) is 9.24. The number of nitrogens with two attached hydrogens (primary N) is 1. The van der Waals surface area contributed by atoms with Gasteiger partial charge in [-0.1, -0.05) is 30.3 Å². The maximum atomic E-state index is 10.8. The lowest BCUT2D eigenvalue weighted by atomic mass is 10.0. The Labute approximate surface area is 115 Å². The molecule has 1 aliphatic rings. The second-order valence-corrected chi connectivity index (χ2v) is 5.21. The van der Waals surface area contributed by atoms with E-state index in [-0.39, 0.29) is 5.91 Å². The predicted octanol–water partition coefficient (Wildman–Crippen LogP) is 0.768. The highest BCUT2D eigenvalue weighted by molar-refractivity contribution is 5.75. The van der Waals surface area contributed by atoms with Gasteiger partial charge in [0.2, 0.25) is 5.91 Å². The second kappa shape index (κ2) is 7.26. The van der Waals surface area contributed by atoms with Gasteiger partial charge in [0.1, 0.15) is 0 Å². The lowest BCUT2D eigenvalue weighted by Crippen LogP contribution is -2.45. The van der Waals surface area contributed by atoms with Gasteiger partial charge in [0, 0.05) is 19.1 Å². The zero-order valence-electron chi connectivity index (χ0n) is 11.3. The quantitative estimate of drug-likeness (QED) is 0.795. The maximum Gasteiger partial charge on any atom is 0.231 e. The van der Waals surface area contributed by atoms with Crippen molar-refractivity contribution in [2.75, 3.05) is 26.2 Å². The standard InChI is InChI=1S/C15H23N3O/c16-15(19)12-18-10-7-14(8-11-18)17-9-6-13-4-2-1-3-5-13/h1-5,14,17H,6-12H2,(H2,16,19). The van der Waals surface area contributed by atoms with Gasteiger partial charge in [-0.25, -0.2) is 0 Å². The molecule has 104 valence electrons. The zero-order valence-corrected chi connectivity index (χ0v) is 11.3. The number of carbonyl (C=O) groups is 1. The number of nitrogens with one attached hydrogen (secondary N) is 1. The van der Waals surface area contributed by atoms with Crippen molar-refractivity contribution in [3.63, 3.8) is 0 Å². The van der Waals surface area contributed by atoms with Gasteiger partial charge in [0.05, 0.1) is 6.54 Å². The zero-order chi connectivity index (χ0) is 13.5. The van der Waals surface area contributed by atoms with Crippen molar-refractivity contribution in [3.05, 3.63) is 35.9 Å². The van der Waals surface area contributed by atoms with Crippen LogP contribution >= 0.6 is 0 Å². The third-order valence-corrected chi connectivity index (χ3v) is 3.66. The predicted molar refractivity (Wildman–Crippen MR) is 76.8 cm³/mol. The molecule has 1 aliphatic heterocycles. The summed E-state index contributed by atoms with van der Waals surface area (Å²) in [5.74, 6) is -0.226. The molecule has 3 N–H and O–H groups in total. The SMILES string of the molecule is NC(=O)CN1CCC(NCCc2ccccc2)CC1. The summed E-state index contributed by atoms with van der Waals surface area (Å²) in [5, 5.41) is 3.60. The highest BCUT2D eigenvalue weighted by Gasteiger charge is 2.19. The van der Waals surface area contributed by atoms with E-state index in [9.17, 15) is 4.79 Å². The molecule has 1 heterocycles. The summed E-state index contributed by atoms with van der Waals surface area (Å²) in [6, 6.07) is 11.1. The van der Waals surface area contributed by atoms with Crippen LogP contribution in [0.2, 0.25) is 0 Å². The van der Waals surface area contributed by atoms with Crippen LogP contribution in [-0.4, -0.2) is 43.0 Å². The topological polar surface area (TPSA) is 58.4 Å². The number of likely N-dealkylation sites (tertiary alicyclic amines) is 1. The second-order valence-electron chi connectivity index (χ2n) is 5.21. The third-order valence-electron chi connectivity index (χ3n) is 3.66. The van der Waals surface area contributed by atoms with E-state index in [0.717, 1.165) is 38.9 Å². The Balaban J connectivity index is 1.62. The van der Waals surface area contributed by atoms with E-state index in [2.05, 4.69) is 34.5 Å². The fraction of sp³-hybridized carbons (Fsp3) is 0.533. The van der Waals surface area contributed by atoms with Crippen LogP contribution in [0.5, 0.6) is 0 Å². The lowest BCUT2D eigenvalue weighted by Gasteiger charge is -2.31. The minimum absolute atomic E-state index is 0.226. The van der Waals surface area contributed by atoms with Gasteiger partial charge in [-0.15, -0.1) is 0 Å². The van der Waals surface area contributed by atoms with E-state index in [0.29, 0.717) is 12.6 Å². The molecule has 19 heavy (non-hydrogen) atoms. The van der Waals surface area contributed by atoms with Gasteiger partial charge >= 0.3 is 0 Å². The summed E-state index contributed by atoms with van der Waals surface area (Å²) in [6.45, 7) is 3.35. The monoisotopic (exact) mass is 261 g/mol. The van der Waals surface area contributed by atoms with Crippen LogP contribution in [0.4, 0.5) is 0 Å². The average Bonchev–Trinajstić information content (AvgIpc) is 2.41. The number of amides is 1. The molecule has 4 nitrogen and oxygen atoms in total. The number of hydrogen-bond acceptors (Lipinski definition) is 3. The van der Waals surface area contributed by atoms with Crippen LogP contribution in [-0.2, 0) is 11.2 Å². The molecule has 1 aromatic carbocycles. The van der Waals surface area contributed by atoms with E-state index in [1.165, 1.54) is 5.56 Å². The first-order valence-corrected chi connectivity index (χ1v) is 7.02. The van der Waals surface area contributed by atoms with Gasteiger partial charge < -0.3 is 11.1 Å². The summed E-state index contributed by atoms with van der Waals surface area (Å²) in [6.07, 6.45) is 3.27. The molecule has 4 heteroatoms. The Morgan fingerprint density at radius 2 is 1.95 bits per heavy atom. The van der Waals surface area contributed by atoms with Crippen LogP contribution in [0, 0.1) is 0 Å². The summed E-state index contributed by atoms with van der Waals surface area (Å²) < 4.78 is 0. The molecular weight excluding hydrogens is 238 g/mol. The van der Waals surface area contributed by atoms with E-state index >= 15 is 0 Å². The smallest absolute Gasteiger partial charge is 0.231 e. The Hall–Kier alpha value is -1.39. The van der Waals surface area contributed by atoms with Crippen LogP contribution in [0.1, 0.15) is 18.4 Å². The third kappa shape index (κ3) is 5.01. The molecule has 2 rings (SSSR count). The van der Waals surface area contributed by atoms with Crippen LogP contribution in [0.25, 0.3) is 0 Å². The van der Waals surface area contributed by atoms with Gasteiger partial charge in [0.25, 0.3) is 0 Å². The largest absolute Gasteiger partial charge is 0.369 e. The van der Waals surface area contributed by atoms with E-state index < -0.39 is 0 Å². The van der Waals surface area contributed by atoms with Gasteiger partial charge in [-0.3, -0.25) is 9.69 Å². The molecule has 0 radical (unpaired) electrons. The number of benzene rings is 1. The molecule has 0 bridgehead atoms. The highest BCUT2D eigenvalue weighted by atomic mass is 16.1. The highest BCUT2D eigenvalue weighted by Crippen LogP contribution is 2.09. The first kappa shape index (κ1) is 14.0. The molecule has 0 spiro atoms. The van der Waals surface area contributed by atoms with Crippen molar-refractivity contribution in [2.24, 2.45) is 5.73 Å². The Morgan fingerprint density at radius 3 is 2.58 bits per heavy atom. The van der Waals surface area contributed by atoms with Gasteiger partial charge in [-0.2, -0.15) is 0 Å². The Bertz CT molecular complexity index is 386. The normalized spacial score (nSPS) is 17.5. The lowest BCUT2D eigenvalue weighted by molar-refractivity contribution is -0.119. The number of rotatable bonds is 6. The fourth-order valence-corrected chi connectivity index (χ4v) is 2.58. The fourth-order valence-electron chi connectivity index (χ4n) is 2.58. The first-order valence-electron chi connectivity index (χ1n) is 7.02. The Kier molecular flexibility index (Phi) is 5.36. The number of carbonyl (C=O) groups excluding carboxylic acids is 1.